The number of amidine groups is 1. The van der Waals surface area contributed by atoms with Gasteiger partial charge in [0.25, 0.3) is 0 Å². The van der Waals surface area contributed by atoms with Gasteiger partial charge in [-0.2, -0.15) is 0 Å². The molecule has 0 radical (unpaired) electrons. The Labute approximate surface area is 126 Å². The first kappa shape index (κ1) is 14.0. The van der Waals surface area contributed by atoms with E-state index in [1.165, 1.54) is 53.8 Å². The van der Waals surface area contributed by atoms with Crippen LogP contribution < -0.4 is 5.32 Å². The predicted molar refractivity (Wildman–Crippen MR) is 89.9 cm³/mol. The Hall–Kier alpha value is -0.960. The zero-order chi connectivity index (χ0) is 14.2. The second-order valence-electron chi connectivity index (χ2n) is 6.52. The highest BCUT2D eigenvalue weighted by atomic mass is 32.2. The molecule has 1 fully saturated rings. The molecule has 1 N–H and O–H groups in total. The lowest BCUT2D eigenvalue weighted by Crippen LogP contribution is -2.30. The molecule has 0 amide bonds. The minimum Gasteiger partial charge on any atom is -0.335 e. The van der Waals surface area contributed by atoms with E-state index in [4.69, 9.17) is 4.99 Å². The summed E-state index contributed by atoms with van der Waals surface area (Å²) in [7, 11) is 0. The Morgan fingerprint density at radius 3 is 2.30 bits per heavy atom. The van der Waals surface area contributed by atoms with E-state index in [-0.39, 0.29) is 0 Å². The highest BCUT2D eigenvalue weighted by Crippen LogP contribution is 2.43. The monoisotopic (exact) mass is 288 g/mol. The smallest absolute Gasteiger partial charge is 0.161 e. The van der Waals surface area contributed by atoms with Gasteiger partial charge in [-0.15, -0.1) is 0 Å². The van der Waals surface area contributed by atoms with Crippen molar-refractivity contribution in [3.8, 4) is 0 Å². The van der Waals surface area contributed by atoms with Crippen LogP contribution >= 0.6 is 11.8 Å². The van der Waals surface area contributed by atoms with Crippen LogP contribution in [0.3, 0.4) is 0 Å². The maximum Gasteiger partial charge on any atom is 0.161 e. The minimum atomic E-state index is 0.521. The maximum atomic E-state index is 4.83. The van der Waals surface area contributed by atoms with Crippen LogP contribution in [0.25, 0.3) is 0 Å². The zero-order valence-electron chi connectivity index (χ0n) is 12.8. The molecule has 3 heteroatoms. The summed E-state index contributed by atoms with van der Waals surface area (Å²) in [5.41, 5.74) is 5.71. The van der Waals surface area contributed by atoms with Crippen LogP contribution in [0.4, 0.5) is 5.69 Å². The third kappa shape index (κ3) is 2.73. The Morgan fingerprint density at radius 2 is 1.75 bits per heavy atom. The van der Waals surface area contributed by atoms with Gasteiger partial charge in [0.15, 0.2) is 5.17 Å². The van der Waals surface area contributed by atoms with Crippen molar-refractivity contribution in [3.63, 3.8) is 0 Å². The van der Waals surface area contributed by atoms with Crippen LogP contribution in [0, 0.1) is 26.2 Å². The van der Waals surface area contributed by atoms with Crippen molar-refractivity contribution in [2.75, 3.05) is 17.6 Å². The maximum absolute atomic E-state index is 4.83. The molecule has 1 aromatic carbocycles. The lowest BCUT2D eigenvalue weighted by Gasteiger charge is -2.31. The molecule has 0 atom stereocenters. The van der Waals surface area contributed by atoms with Crippen molar-refractivity contribution < 1.29 is 0 Å². The molecule has 2 nitrogen and oxygen atoms in total. The van der Waals surface area contributed by atoms with Crippen molar-refractivity contribution in [2.45, 2.75) is 46.5 Å². The number of anilines is 1. The number of rotatable bonds is 1. The number of aryl methyl sites for hydroxylation is 3. The number of hydrogen-bond acceptors (Lipinski definition) is 3. The van der Waals surface area contributed by atoms with E-state index in [9.17, 15) is 0 Å². The molecule has 0 aromatic heterocycles. The Bertz CT molecular complexity index is 519. The number of nitrogens with one attached hydrogen (secondary N) is 1. The second-order valence-corrected chi connectivity index (χ2v) is 7.48. The molecule has 0 unspecified atom stereocenters. The van der Waals surface area contributed by atoms with Gasteiger partial charge in [-0.1, -0.05) is 42.3 Å². The van der Waals surface area contributed by atoms with E-state index in [2.05, 4.69) is 38.2 Å². The van der Waals surface area contributed by atoms with E-state index >= 15 is 0 Å². The van der Waals surface area contributed by atoms with Crippen LogP contribution in [-0.2, 0) is 0 Å². The van der Waals surface area contributed by atoms with E-state index in [0.29, 0.717) is 5.41 Å². The predicted octanol–water partition coefficient (Wildman–Crippen LogP) is 4.69. The number of thioether (sulfide) groups is 1. The average Bonchev–Trinajstić information content (AvgIpc) is 2.85. The number of hydrogen-bond donors (Lipinski definition) is 1. The first-order chi connectivity index (χ1) is 9.58. The first-order valence-electron chi connectivity index (χ1n) is 7.60. The molecule has 1 aromatic rings. The molecule has 20 heavy (non-hydrogen) atoms. The van der Waals surface area contributed by atoms with Crippen molar-refractivity contribution in [2.24, 2.45) is 10.4 Å². The average molecular weight is 288 g/mol. The van der Waals surface area contributed by atoms with Crippen LogP contribution in [0.2, 0.25) is 0 Å². The molecule has 3 rings (SSSR count). The van der Waals surface area contributed by atoms with Crippen molar-refractivity contribution in [1.82, 2.24) is 0 Å². The van der Waals surface area contributed by atoms with Gasteiger partial charge in [0.1, 0.15) is 0 Å². The summed E-state index contributed by atoms with van der Waals surface area (Å²) < 4.78 is 0. The lowest BCUT2D eigenvalue weighted by molar-refractivity contribution is 0.359. The van der Waals surface area contributed by atoms with Crippen LogP contribution in [0.5, 0.6) is 0 Å². The summed E-state index contributed by atoms with van der Waals surface area (Å²) in [6.45, 7) is 7.52. The van der Waals surface area contributed by atoms with E-state index in [1.54, 1.807) is 0 Å². The zero-order valence-corrected chi connectivity index (χ0v) is 13.6. The lowest BCUT2D eigenvalue weighted by atomic mass is 9.89. The van der Waals surface area contributed by atoms with Gasteiger partial charge in [0.05, 0.1) is 0 Å². The van der Waals surface area contributed by atoms with E-state index < -0.39 is 0 Å². The van der Waals surface area contributed by atoms with Gasteiger partial charge in [0, 0.05) is 18.0 Å². The molecule has 108 valence electrons. The third-order valence-corrected chi connectivity index (χ3v) is 5.91. The van der Waals surface area contributed by atoms with Crippen LogP contribution in [0.1, 0.15) is 42.4 Å². The Morgan fingerprint density at radius 1 is 1.10 bits per heavy atom. The quantitative estimate of drug-likeness (QED) is 0.811. The van der Waals surface area contributed by atoms with E-state index in [1.807, 2.05) is 11.8 Å². The summed E-state index contributed by atoms with van der Waals surface area (Å²) in [6.07, 6.45) is 5.54. The molecule has 1 aliphatic carbocycles. The van der Waals surface area contributed by atoms with Crippen molar-refractivity contribution >= 4 is 22.6 Å². The number of nitrogens with zero attached hydrogens (tertiary/aromatic N) is 1. The number of benzene rings is 1. The van der Waals surface area contributed by atoms with Gasteiger partial charge in [-0.05, 0) is 50.2 Å². The fraction of sp³-hybridized carbons (Fsp3) is 0.588. The van der Waals surface area contributed by atoms with Gasteiger partial charge in [-0.3, -0.25) is 4.99 Å². The molecule has 1 heterocycles. The molecule has 1 saturated carbocycles. The highest BCUT2D eigenvalue weighted by Gasteiger charge is 2.36. The van der Waals surface area contributed by atoms with Crippen LogP contribution in [-0.4, -0.2) is 17.5 Å². The number of aliphatic imine (C=N–C) groups is 1. The molecule has 0 saturated heterocycles. The fourth-order valence-electron chi connectivity index (χ4n) is 3.54. The third-order valence-electron chi connectivity index (χ3n) is 4.65. The van der Waals surface area contributed by atoms with Gasteiger partial charge < -0.3 is 5.32 Å². The topological polar surface area (TPSA) is 24.4 Å². The SMILES string of the molecule is Cc1cc(C)c(NC2=NCC3(CCCC3)CS2)c(C)c1. The fourth-order valence-corrected chi connectivity index (χ4v) is 4.69. The van der Waals surface area contributed by atoms with E-state index in [0.717, 1.165) is 11.7 Å². The minimum absolute atomic E-state index is 0.521. The molecule has 0 bridgehead atoms. The van der Waals surface area contributed by atoms with Crippen LogP contribution in [0.15, 0.2) is 17.1 Å². The first-order valence-corrected chi connectivity index (χ1v) is 8.59. The molecular formula is C17H24N2S. The summed E-state index contributed by atoms with van der Waals surface area (Å²) in [4.78, 5) is 4.83. The summed E-state index contributed by atoms with van der Waals surface area (Å²) in [5, 5.41) is 4.67. The summed E-state index contributed by atoms with van der Waals surface area (Å²) in [6, 6.07) is 4.48. The van der Waals surface area contributed by atoms with Crippen molar-refractivity contribution in [1.29, 1.82) is 0 Å². The molecular weight excluding hydrogens is 264 g/mol. The molecule has 1 spiro atoms. The standard InChI is InChI=1S/C17H24N2S/c1-12-8-13(2)15(14(3)9-12)19-16-18-10-17(11-20-16)6-4-5-7-17/h8-9H,4-7,10-11H2,1-3H3,(H,18,19). The largest absolute Gasteiger partial charge is 0.335 e. The van der Waals surface area contributed by atoms with Gasteiger partial charge in [0.2, 0.25) is 0 Å². The van der Waals surface area contributed by atoms with Crippen molar-refractivity contribution in [3.05, 3.63) is 28.8 Å². The molecule has 2 aliphatic rings. The Kier molecular flexibility index (Phi) is 3.80. The normalized spacial score (nSPS) is 21.1. The summed E-state index contributed by atoms with van der Waals surface area (Å²) in [5.74, 6) is 1.24. The van der Waals surface area contributed by atoms with Gasteiger partial charge >= 0.3 is 0 Å². The molecule has 1 aliphatic heterocycles. The van der Waals surface area contributed by atoms with Gasteiger partial charge in [-0.25, -0.2) is 0 Å². The summed E-state index contributed by atoms with van der Waals surface area (Å²) >= 11 is 1.91. The highest BCUT2D eigenvalue weighted by molar-refractivity contribution is 8.14. The second kappa shape index (κ2) is 5.44. The Balaban J connectivity index is 1.75.